The first-order valence-corrected chi connectivity index (χ1v) is 9.75. The lowest BCUT2D eigenvalue weighted by Gasteiger charge is -2.35. The van der Waals surface area contributed by atoms with Gasteiger partial charge in [0.1, 0.15) is 0 Å². The summed E-state index contributed by atoms with van der Waals surface area (Å²) in [4.78, 5) is 21.1. The molecule has 0 unspecified atom stereocenters. The molecule has 0 bridgehead atoms. The van der Waals surface area contributed by atoms with Gasteiger partial charge in [0.15, 0.2) is 0 Å². The monoisotopic (exact) mass is 368 g/mol. The van der Waals surface area contributed by atoms with Gasteiger partial charge in [-0.3, -0.25) is 9.69 Å². The van der Waals surface area contributed by atoms with Gasteiger partial charge >= 0.3 is 0 Å². The van der Waals surface area contributed by atoms with Crippen LogP contribution >= 0.6 is 11.8 Å². The van der Waals surface area contributed by atoms with Gasteiger partial charge in [0.25, 0.3) is 0 Å². The van der Waals surface area contributed by atoms with Crippen LogP contribution in [0.4, 0.5) is 11.4 Å². The molecule has 0 radical (unpaired) electrons. The van der Waals surface area contributed by atoms with Crippen LogP contribution in [0.1, 0.15) is 0 Å². The number of aromatic nitrogens is 1. The Kier molecular flexibility index (Phi) is 6.68. The van der Waals surface area contributed by atoms with E-state index < -0.39 is 0 Å². The number of benzene rings is 1. The third-order valence-corrected chi connectivity index (χ3v) is 5.21. The summed E-state index contributed by atoms with van der Waals surface area (Å²) in [6, 6.07) is 13.8. The molecule has 6 heteroatoms. The molecule has 136 valence electrons. The lowest BCUT2D eigenvalue weighted by molar-refractivity contribution is -0.113. The summed E-state index contributed by atoms with van der Waals surface area (Å²) in [5, 5.41) is 3.80. The number of anilines is 2. The van der Waals surface area contributed by atoms with E-state index in [9.17, 15) is 4.79 Å². The van der Waals surface area contributed by atoms with Crippen molar-refractivity contribution in [2.45, 2.75) is 5.03 Å². The average Bonchev–Trinajstić information content (AvgIpc) is 2.69. The van der Waals surface area contributed by atoms with E-state index in [4.69, 9.17) is 0 Å². The summed E-state index contributed by atoms with van der Waals surface area (Å²) in [7, 11) is 0. The normalized spacial score (nSPS) is 14.8. The first-order chi connectivity index (χ1) is 12.7. The van der Waals surface area contributed by atoms with Crippen molar-refractivity contribution in [1.82, 2.24) is 9.88 Å². The van der Waals surface area contributed by atoms with Crippen molar-refractivity contribution in [3.63, 3.8) is 0 Å². The lowest BCUT2D eigenvalue weighted by Crippen LogP contribution is -2.46. The van der Waals surface area contributed by atoms with Gasteiger partial charge in [0.05, 0.1) is 10.8 Å². The maximum atomic E-state index is 12.1. The fourth-order valence-corrected chi connectivity index (χ4v) is 3.56. The molecule has 1 saturated heterocycles. The minimum Gasteiger partial charge on any atom is -0.369 e. The minimum atomic E-state index is -0.0218. The fraction of sp³-hybridized carbons (Fsp3) is 0.300. The summed E-state index contributed by atoms with van der Waals surface area (Å²) in [6.07, 6.45) is 3.69. The van der Waals surface area contributed by atoms with E-state index in [0.29, 0.717) is 5.75 Å². The number of hydrogen-bond acceptors (Lipinski definition) is 5. The Balaban J connectivity index is 1.47. The third kappa shape index (κ3) is 5.34. The van der Waals surface area contributed by atoms with Gasteiger partial charge in [-0.1, -0.05) is 23.9 Å². The van der Waals surface area contributed by atoms with Crippen molar-refractivity contribution in [3.05, 3.63) is 61.3 Å². The van der Waals surface area contributed by atoms with E-state index in [1.807, 2.05) is 36.4 Å². The molecule has 1 fully saturated rings. The number of piperazine rings is 1. The molecule has 2 aromatic rings. The maximum absolute atomic E-state index is 12.1. The van der Waals surface area contributed by atoms with Crippen molar-refractivity contribution in [1.29, 1.82) is 0 Å². The van der Waals surface area contributed by atoms with Crippen LogP contribution in [0.25, 0.3) is 0 Å². The average molecular weight is 369 g/mol. The molecular formula is C20H24N4OS. The summed E-state index contributed by atoms with van der Waals surface area (Å²) >= 11 is 1.43. The van der Waals surface area contributed by atoms with Crippen LogP contribution in [-0.4, -0.2) is 54.3 Å². The first-order valence-electron chi connectivity index (χ1n) is 8.76. The second-order valence-electron chi connectivity index (χ2n) is 6.13. The number of carbonyl (C=O) groups excluding carboxylic acids is 1. The van der Waals surface area contributed by atoms with E-state index in [1.165, 1.54) is 17.4 Å². The highest BCUT2D eigenvalue weighted by Crippen LogP contribution is 2.20. The predicted molar refractivity (Wildman–Crippen MR) is 109 cm³/mol. The molecule has 0 saturated carbocycles. The van der Waals surface area contributed by atoms with E-state index in [-0.39, 0.29) is 5.91 Å². The van der Waals surface area contributed by atoms with Crippen molar-refractivity contribution < 1.29 is 4.79 Å². The van der Waals surface area contributed by atoms with Gasteiger partial charge in [0.2, 0.25) is 5.91 Å². The Morgan fingerprint density at radius 2 is 1.92 bits per heavy atom. The van der Waals surface area contributed by atoms with E-state index >= 15 is 0 Å². The van der Waals surface area contributed by atoms with Crippen molar-refractivity contribution >= 4 is 29.0 Å². The van der Waals surface area contributed by atoms with Gasteiger partial charge in [-0.25, -0.2) is 4.98 Å². The Labute approximate surface area is 159 Å². The van der Waals surface area contributed by atoms with Crippen LogP contribution in [-0.2, 0) is 4.79 Å². The Bertz CT molecular complexity index is 712. The molecule has 1 aliphatic rings. The van der Waals surface area contributed by atoms with Crippen LogP contribution in [0.3, 0.4) is 0 Å². The molecule has 1 amide bonds. The fourth-order valence-electron chi connectivity index (χ4n) is 2.90. The molecule has 0 spiro atoms. The maximum Gasteiger partial charge on any atom is 0.234 e. The second-order valence-corrected chi connectivity index (χ2v) is 7.12. The summed E-state index contributed by atoms with van der Waals surface area (Å²) in [5.74, 6) is 0.329. The van der Waals surface area contributed by atoms with Gasteiger partial charge in [-0.15, -0.1) is 6.58 Å². The van der Waals surface area contributed by atoms with Crippen molar-refractivity contribution in [2.24, 2.45) is 0 Å². The Morgan fingerprint density at radius 3 is 2.58 bits per heavy atom. The highest BCUT2D eigenvalue weighted by Gasteiger charge is 2.16. The molecule has 0 atom stereocenters. The Morgan fingerprint density at radius 1 is 1.15 bits per heavy atom. The molecule has 1 aliphatic heterocycles. The number of nitrogens with zero attached hydrogens (tertiary/aromatic N) is 3. The molecule has 2 heterocycles. The van der Waals surface area contributed by atoms with E-state index in [2.05, 4.69) is 38.8 Å². The second kappa shape index (κ2) is 9.40. The highest BCUT2D eigenvalue weighted by molar-refractivity contribution is 7.99. The molecule has 1 aromatic carbocycles. The standard InChI is InChI=1S/C20H24N4OS/c1-2-11-23-12-14-24(15-13-23)18-8-6-17(7-9-18)22-19(25)16-26-20-5-3-4-10-21-20/h2-10H,1,11-16H2,(H,22,25). The van der Waals surface area contributed by atoms with E-state index in [1.54, 1.807) is 6.20 Å². The quantitative estimate of drug-likeness (QED) is 0.601. The molecular weight excluding hydrogens is 344 g/mol. The number of rotatable bonds is 7. The molecule has 1 aromatic heterocycles. The van der Waals surface area contributed by atoms with Crippen LogP contribution in [0.15, 0.2) is 66.3 Å². The van der Waals surface area contributed by atoms with Crippen LogP contribution in [0, 0.1) is 0 Å². The Hall–Kier alpha value is -2.31. The zero-order valence-electron chi connectivity index (χ0n) is 14.8. The summed E-state index contributed by atoms with van der Waals surface area (Å²) in [5.41, 5.74) is 2.02. The topological polar surface area (TPSA) is 48.5 Å². The number of nitrogens with one attached hydrogen (secondary N) is 1. The SMILES string of the molecule is C=CCN1CCN(c2ccc(NC(=O)CSc3ccccn3)cc2)CC1. The van der Waals surface area contributed by atoms with Gasteiger partial charge in [0, 0.05) is 50.3 Å². The van der Waals surface area contributed by atoms with Crippen LogP contribution < -0.4 is 10.2 Å². The predicted octanol–water partition coefficient (Wildman–Crippen LogP) is 3.12. The molecule has 1 N–H and O–H groups in total. The van der Waals surface area contributed by atoms with Crippen molar-refractivity contribution in [2.75, 3.05) is 48.7 Å². The smallest absolute Gasteiger partial charge is 0.234 e. The number of amides is 1. The number of hydrogen-bond donors (Lipinski definition) is 1. The number of thioether (sulfide) groups is 1. The molecule has 26 heavy (non-hydrogen) atoms. The van der Waals surface area contributed by atoms with Crippen LogP contribution in [0.5, 0.6) is 0 Å². The van der Waals surface area contributed by atoms with Gasteiger partial charge in [-0.05, 0) is 36.4 Å². The highest BCUT2D eigenvalue weighted by atomic mass is 32.2. The third-order valence-electron chi connectivity index (χ3n) is 4.26. The largest absolute Gasteiger partial charge is 0.369 e. The summed E-state index contributed by atoms with van der Waals surface area (Å²) < 4.78 is 0. The first kappa shape index (κ1) is 18.5. The van der Waals surface area contributed by atoms with Crippen LogP contribution in [0.2, 0.25) is 0 Å². The van der Waals surface area contributed by atoms with Crippen molar-refractivity contribution in [3.8, 4) is 0 Å². The number of carbonyl (C=O) groups is 1. The van der Waals surface area contributed by atoms with Gasteiger partial charge in [-0.2, -0.15) is 0 Å². The minimum absolute atomic E-state index is 0.0218. The number of pyridine rings is 1. The van der Waals surface area contributed by atoms with Gasteiger partial charge < -0.3 is 10.2 Å². The lowest BCUT2D eigenvalue weighted by atomic mass is 10.2. The van der Waals surface area contributed by atoms with E-state index in [0.717, 1.165) is 43.4 Å². The summed E-state index contributed by atoms with van der Waals surface area (Å²) in [6.45, 7) is 8.88. The zero-order valence-corrected chi connectivity index (χ0v) is 15.6. The molecule has 0 aliphatic carbocycles. The molecule has 5 nitrogen and oxygen atoms in total. The molecule has 3 rings (SSSR count). The zero-order chi connectivity index (χ0) is 18.2.